The molecule has 1 heteroatoms. The Morgan fingerprint density at radius 2 is 2.20 bits per heavy atom. The average molecular weight is 138 g/mol. The lowest BCUT2D eigenvalue weighted by atomic mass is 9.71. The lowest BCUT2D eigenvalue weighted by molar-refractivity contribution is 0.272. The third kappa shape index (κ3) is 1.20. The number of hydrogen-bond donors (Lipinski definition) is 1. The van der Waals surface area contributed by atoms with Crippen LogP contribution in [0.2, 0.25) is 0 Å². The molecule has 2 saturated carbocycles. The van der Waals surface area contributed by atoms with Crippen molar-refractivity contribution >= 4 is 0 Å². The van der Waals surface area contributed by atoms with E-state index in [2.05, 4.69) is 0 Å². The van der Waals surface area contributed by atoms with Gasteiger partial charge in [0.15, 0.2) is 0 Å². The zero-order chi connectivity index (χ0) is 6.97. The second-order valence-electron chi connectivity index (χ2n) is 3.91. The van der Waals surface area contributed by atoms with E-state index in [1.54, 1.807) is 5.92 Å². The average Bonchev–Trinajstić information content (AvgIpc) is 1.85. The van der Waals surface area contributed by atoms with Crippen LogP contribution in [0.25, 0.3) is 0 Å². The SMILES string of the molecule is NC1C[C]2CCCC(C2)C1. The molecule has 0 aromatic heterocycles. The second-order valence-corrected chi connectivity index (χ2v) is 3.91. The van der Waals surface area contributed by atoms with Gasteiger partial charge in [0.25, 0.3) is 0 Å². The van der Waals surface area contributed by atoms with E-state index in [1.165, 1.54) is 38.5 Å². The van der Waals surface area contributed by atoms with Crippen molar-refractivity contribution in [2.24, 2.45) is 11.7 Å². The van der Waals surface area contributed by atoms with Gasteiger partial charge in [0, 0.05) is 6.04 Å². The Morgan fingerprint density at radius 1 is 1.30 bits per heavy atom. The Hall–Kier alpha value is -0.0400. The smallest absolute Gasteiger partial charge is 0.00469 e. The predicted molar refractivity (Wildman–Crippen MR) is 42.4 cm³/mol. The van der Waals surface area contributed by atoms with Crippen molar-refractivity contribution in [1.29, 1.82) is 0 Å². The minimum Gasteiger partial charge on any atom is -0.328 e. The molecule has 2 unspecified atom stereocenters. The molecule has 2 bridgehead atoms. The van der Waals surface area contributed by atoms with Gasteiger partial charge in [0.1, 0.15) is 0 Å². The van der Waals surface area contributed by atoms with Gasteiger partial charge in [-0.15, -0.1) is 0 Å². The van der Waals surface area contributed by atoms with E-state index in [-0.39, 0.29) is 0 Å². The molecule has 0 saturated heterocycles. The molecule has 0 aliphatic heterocycles. The molecule has 0 aromatic carbocycles. The lowest BCUT2D eigenvalue weighted by Crippen LogP contribution is -2.34. The zero-order valence-corrected chi connectivity index (χ0v) is 6.47. The summed E-state index contributed by atoms with van der Waals surface area (Å²) in [5.74, 6) is 2.72. The van der Waals surface area contributed by atoms with E-state index in [1.807, 2.05) is 0 Å². The third-order valence-electron chi connectivity index (χ3n) is 2.91. The standard InChI is InChI=1S/C9H16N/c10-9-5-7-2-1-3-8(4-7)6-9/h7,9H,1-6,10H2. The molecule has 2 aliphatic rings. The van der Waals surface area contributed by atoms with Crippen LogP contribution in [0.15, 0.2) is 0 Å². The zero-order valence-electron chi connectivity index (χ0n) is 6.47. The van der Waals surface area contributed by atoms with Crippen LogP contribution in [0.5, 0.6) is 0 Å². The van der Waals surface area contributed by atoms with Gasteiger partial charge in [-0.3, -0.25) is 0 Å². The summed E-state index contributed by atoms with van der Waals surface area (Å²) in [5.41, 5.74) is 5.90. The third-order valence-corrected chi connectivity index (χ3v) is 2.91. The summed E-state index contributed by atoms with van der Waals surface area (Å²) in [4.78, 5) is 0. The van der Waals surface area contributed by atoms with Crippen LogP contribution >= 0.6 is 0 Å². The first kappa shape index (κ1) is 6.66. The number of nitrogens with two attached hydrogens (primary N) is 1. The van der Waals surface area contributed by atoms with E-state index >= 15 is 0 Å². The fraction of sp³-hybridized carbons (Fsp3) is 0.889. The van der Waals surface area contributed by atoms with Gasteiger partial charge in [-0.25, -0.2) is 0 Å². The van der Waals surface area contributed by atoms with Gasteiger partial charge in [0.2, 0.25) is 0 Å². The van der Waals surface area contributed by atoms with E-state index < -0.39 is 0 Å². The van der Waals surface area contributed by atoms with Gasteiger partial charge in [-0.2, -0.15) is 0 Å². The molecule has 2 fully saturated rings. The second kappa shape index (κ2) is 2.54. The molecular formula is C9H16N. The highest BCUT2D eigenvalue weighted by Crippen LogP contribution is 2.40. The molecule has 57 valence electrons. The van der Waals surface area contributed by atoms with Gasteiger partial charge >= 0.3 is 0 Å². The van der Waals surface area contributed by atoms with Crippen LogP contribution in [-0.4, -0.2) is 6.04 Å². The van der Waals surface area contributed by atoms with E-state index in [4.69, 9.17) is 5.73 Å². The first-order chi connectivity index (χ1) is 4.84. The molecule has 0 amide bonds. The van der Waals surface area contributed by atoms with Crippen molar-refractivity contribution in [2.45, 2.75) is 44.6 Å². The monoisotopic (exact) mass is 138 g/mol. The lowest BCUT2D eigenvalue weighted by Gasteiger charge is -2.37. The normalized spacial score (nSPS) is 41.7. The summed E-state index contributed by atoms with van der Waals surface area (Å²) in [7, 11) is 0. The van der Waals surface area contributed by atoms with Crippen LogP contribution in [0.3, 0.4) is 0 Å². The van der Waals surface area contributed by atoms with Crippen LogP contribution in [0.1, 0.15) is 38.5 Å². The Labute approximate surface area is 63.0 Å². The van der Waals surface area contributed by atoms with Crippen molar-refractivity contribution in [3.63, 3.8) is 0 Å². The number of fused-ring (bicyclic) bond motifs is 2. The molecule has 2 N–H and O–H groups in total. The van der Waals surface area contributed by atoms with Crippen LogP contribution < -0.4 is 5.73 Å². The molecule has 2 atom stereocenters. The van der Waals surface area contributed by atoms with Crippen molar-refractivity contribution < 1.29 is 0 Å². The molecule has 1 radical (unpaired) electrons. The summed E-state index contributed by atoms with van der Waals surface area (Å²) in [6, 6.07) is 0.508. The van der Waals surface area contributed by atoms with E-state index in [0.29, 0.717) is 6.04 Å². The minimum atomic E-state index is 0.508. The highest BCUT2D eigenvalue weighted by atomic mass is 14.6. The van der Waals surface area contributed by atoms with Crippen molar-refractivity contribution in [2.75, 3.05) is 0 Å². The van der Waals surface area contributed by atoms with E-state index in [9.17, 15) is 0 Å². The summed E-state index contributed by atoms with van der Waals surface area (Å²) >= 11 is 0. The maximum absolute atomic E-state index is 5.90. The molecule has 10 heavy (non-hydrogen) atoms. The summed E-state index contributed by atoms with van der Waals surface area (Å²) in [5, 5.41) is 0. The fourth-order valence-corrected chi connectivity index (χ4v) is 2.52. The largest absolute Gasteiger partial charge is 0.328 e. The predicted octanol–water partition coefficient (Wildman–Crippen LogP) is 1.87. The summed E-state index contributed by atoms with van der Waals surface area (Å²) < 4.78 is 0. The summed E-state index contributed by atoms with van der Waals surface area (Å²) in [6.07, 6.45) is 8.20. The Bertz CT molecular complexity index is 106. The topological polar surface area (TPSA) is 26.0 Å². The quantitative estimate of drug-likeness (QED) is 0.543. The van der Waals surface area contributed by atoms with Crippen LogP contribution in [-0.2, 0) is 0 Å². The van der Waals surface area contributed by atoms with Gasteiger partial charge in [0.05, 0.1) is 0 Å². The molecule has 0 heterocycles. The first-order valence-corrected chi connectivity index (χ1v) is 4.44. The molecule has 2 aliphatic carbocycles. The molecule has 0 spiro atoms. The van der Waals surface area contributed by atoms with Crippen LogP contribution in [0.4, 0.5) is 0 Å². The first-order valence-electron chi connectivity index (χ1n) is 4.44. The van der Waals surface area contributed by atoms with E-state index in [0.717, 1.165) is 5.92 Å². The van der Waals surface area contributed by atoms with Gasteiger partial charge < -0.3 is 5.73 Å². The van der Waals surface area contributed by atoms with Crippen molar-refractivity contribution in [3.8, 4) is 0 Å². The Morgan fingerprint density at radius 3 is 3.00 bits per heavy atom. The highest BCUT2D eigenvalue weighted by Gasteiger charge is 2.29. The molecular weight excluding hydrogens is 122 g/mol. The Kier molecular flexibility index (Phi) is 1.69. The molecule has 1 nitrogen and oxygen atoms in total. The summed E-state index contributed by atoms with van der Waals surface area (Å²) in [6.45, 7) is 0. The molecule has 0 aromatic rings. The maximum atomic E-state index is 5.90. The maximum Gasteiger partial charge on any atom is 0.00469 e. The number of hydrogen-bond acceptors (Lipinski definition) is 1. The molecule has 2 rings (SSSR count). The Balaban J connectivity index is 1.98. The number of rotatable bonds is 0. The minimum absolute atomic E-state index is 0.508. The fourth-order valence-electron chi connectivity index (χ4n) is 2.52. The van der Waals surface area contributed by atoms with Crippen LogP contribution in [0, 0.1) is 11.8 Å². The van der Waals surface area contributed by atoms with Crippen molar-refractivity contribution in [1.82, 2.24) is 0 Å². The van der Waals surface area contributed by atoms with Gasteiger partial charge in [-0.05, 0) is 37.5 Å². The highest BCUT2D eigenvalue weighted by molar-refractivity contribution is 5.02. The van der Waals surface area contributed by atoms with Crippen molar-refractivity contribution in [3.05, 3.63) is 5.92 Å². The van der Waals surface area contributed by atoms with Gasteiger partial charge in [-0.1, -0.05) is 12.8 Å².